The van der Waals surface area contributed by atoms with Gasteiger partial charge in [-0.05, 0) is 101 Å². The second kappa shape index (κ2) is 10.5. The van der Waals surface area contributed by atoms with Crippen LogP contribution in [0.1, 0.15) is 31.2 Å². The summed E-state index contributed by atoms with van der Waals surface area (Å²) in [6, 6.07) is 18.1. The highest BCUT2D eigenvalue weighted by Crippen LogP contribution is 2.48. The third-order valence-electron chi connectivity index (χ3n) is 9.24. The summed E-state index contributed by atoms with van der Waals surface area (Å²) >= 11 is 0. The maximum atomic E-state index is 4.69. The largest absolute Gasteiger partial charge is 0.352 e. The maximum Gasteiger partial charge on any atom is 0.117 e. The molecule has 3 heteroatoms. The van der Waals surface area contributed by atoms with Crippen LogP contribution in [0.15, 0.2) is 154 Å². The molecule has 0 saturated heterocycles. The molecule has 3 nitrogen and oxygen atoms in total. The van der Waals surface area contributed by atoms with Crippen LogP contribution in [-0.2, 0) is 0 Å². The first-order valence-corrected chi connectivity index (χ1v) is 15.2. The Morgan fingerprint density at radius 2 is 1.67 bits per heavy atom. The number of benzene rings is 2. The number of hydrogen-bond acceptors (Lipinski definition) is 3. The summed E-state index contributed by atoms with van der Waals surface area (Å²) < 4.78 is 0. The van der Waals surface area contributed by atoms with Crippen LogP contribution in [-0.4, -0.2) is 18.9 Å². The Morgan fingerprint density at radius 3 is 2.45 bits per heavy atom. The first kappa shape index (κ1) is 24.9. The molecule has 8 rings (SSSR count). The quantitative estimate of drug-likeness (QED) is 0.310. The molecule has 0 spiro atoms. The van der Waals surface area contributed by atoms with Crippen LogP contribution in [0.5, 0.6) is 0 Å². The van der Waals surface area contributed by atoms with Crippen LogP contribution in [0.25, 0.3) is 16.7 Å². The van der Waals surface area contributed by atoms with Crippen LogP contribution in [0.4, 0.5) is 5.69 Å². The van der Waals surface area contributed by atoms with E-state index in [9.17, 15) is 0 Å². The zero-order valence-corrected chi connectivity index (χ0v) is 23.6. The Bertz CT molecular complexity index is 1790. The van der Waals surface area contributed by atoms with Crippen LogP contribution in [0.2, 0.25) is 0 Å². The number of fused-ring (bicyclic) bond motifs is 1. The Hall–Kier alpha value is -4.81. The van der Waals surface area contributed by atoms with Gasteiger partial charge in [0.15, 0.2) is 0 Å². The fourth-order valence-corrected chi connectivity index (χ4v) is 7.22. The molecule has 0 amide bonds. The molecular weight excluding hydrogens is 510 g/mol. The lowest BCUT2D eigenvalue weighted by Crippen LogP contribution is -2.51. The molecule has 1 N–H and O–H groups in total. The number of allylic oxidation sites excluding steroid dienone is 13. The van der Waals surface area contributed by atoms with Crippen LogP contribution in [0.3, 0.4) is 0 Å². The van der Waals surface area contributed by atoms with Crippen molar-refractivity contribution in [3.05, 3.63) is 154 Å². The van der Waals surface area contributed by atoms with Gasteiger partial charge in [0.2, 0.25) is 0 Å². The Balaban J connectivity index is 1.16. The minimum Gasteiger partial charge on any atom is -0.352 e. The molecule has 42 heavy (non-hydrogen) atoms. The molecule has 6 aliphatic rings. The van der Waals surface area contributed by atoms with E-state index in [4.69, 9.17) is 0 Å². The van der Waals surface area contributed by atoms with Crippen molar-refractivity contribution in [3.8, 4) is 11.1 Å². The number of hydrogen-bond donors (Lipinski definition) is 1. The van der Waals surface area contributed by atoms with E-state index in [-0.39, 0.29) is 6.04 Å². The van der Waals surface area contributed by atoms with Crippen molar-refractivity contribution in [2.45, 2.75) is 31.7 Å². The van der Waals surface area contributed by atoms with E-state index in [1.807, 2.05) is 12.2 Å². The second-order valence-corrected chi connectivity index (χ2v) is 11.7. The first-order chi connectivity index (χ1) is 20.8. The molecule has 0 radical (unpaired) electrons. The molecule has 4 aliphatic carbocycles. The Morgan fingerprint density at radius 1 is 0.833 bits per heavy atom. The average Bonchev–Trinajstić information content (AvgIpc) is 3.29. The summed E-state index contributed by atoms with van der Waals surface area (Å²) in [5.41, 5.74) is 17.5. The zero-order chi connectivity index (χ0) is 27.9. The van der Waals surface area contributed by atoms with Gasteiger partial charge in [-0.2, -0.15) is 0 Å². The second-order valence-electron chi connectivity index (χ2n) is 11.7. The monoisotopic (exact) mass is 543 g/mol. The Kier molecular flexibility index (Phi) is 6.26. The third kappa shape index (κ3) is 4.35. The fourth-order valence-electron chi connectivity index (χ4n) is 7.22. The molecule has 0 bridgehead atoms. The summed E-state index contributed by atoms with van der Waals surface area (Å²) in [6.45, 7) is 0.603. The predicted octanol–water partition coefficient (Wildman–Crippen LogP) is 8.37. The topological polar surface area (TPSA) is 27.6 Å². The first-order valence-electron chi connectivity index (χ1n) is 15.2. The standard InChI is InChI=1S/C39H33N3/c1-3-9-27(10-4-1)29-15-17-30(18-16-29)31-19-21-34(22-20-31)42-37-14-8-7-13-32-23-33(28-11-5-2-6-12-28)24-35(38(32)37)36-25-40-26-41-39(36)42/h3,5,8-12,14-25,32,37-38,41H,2,6-7,13,26H2. The minimum absolute atomic E-state index is 0.250. The molecule has 204 valence electrons. The van der Waals surface area contributed by atoms with Crippen LogP contribution < -0.4 is 10.2 Å². The number of aliphatic imine (C=N–C) groups is 1. The Labute approximate surface area is 248 Å². The minimum atomic E-state index is 0.250. The van der Waals surface area contributed by atoms with E-state index in [0.29, 0.717) is 18.5 Å². The van der Waals surface area contributed by atoms with Gasteiger partial charge in [-0.25, -0.2) is 0 Å². The van der Waals surface area contributed by atoms with Crippen molar-refractivity contribution >= 4 is 17.5 Å². The highest BCUT2D eigenvalue weighted by molar-refractivity contribution is 5.90. The summed E-state index contributed by atoms with van der Waals surface area (Å²) in [4.78, 5) is 7.22. The molecular formula is C39H33N3. The van der Waals surface area contributed by atoms with Gasteiger partial charge in [-0.3, -0.25) is 4.99 Å². The lowest BCUT2D eigenvalue weighted by atomic mass is 9.69. The van der Waals surface area contributed by atoms with Gasteiger partial charge in [0.25, 0.3) is 0 Å². The van der Waals surface area contributed by atoms with E-state index in [2.05, 4.69) is 130 Å². The van der Waals surface area contributed by atoms with Crippen molar-refractivity contribution in [3.63, 3.8) is 0 Å². The van der Waals surface area contributed by atoms with Gasteiger partial charge < -0.3 is 10.2 Å². The number of rotatable bonds is 4. The molecule has 2 aromatic rings. The molecule has 0 aromatic heterocycles. The van der Waals surface area contributed by atoms with Gasteiger partial charge in [0.05, 0.1) is 6.04 Å². The van der Waals surface area contributed by atoms with Gasteiger partial charge in [-0.15, -0.1) is 0 Å². The molecule has 3 unspecified atom stereocenters. The van der Waals surface area contributed by atoms with Gasteiger partial charge >= 0.3 is 0 Å². The molecule has 2 heterocycles. The van der Waals surface area contributed by atoms with Crippen molar-refractivity contribution in [2.75, 3.05) is 11.6 Å². The summed E-state index contributed by atoms with van der Waals surface area (Å²) in [6.07, 6.45) is 29.5. The maximum absolute atomic E-state index is 4.69. The van der Waals surface area contributed by atoms with Gasteiger partial charge in [0, 0.05) is 23.4 Å². The summed E-state index contributed by atoms with van der Waals surface area (Å²) in [7, 11) is 0. The van der Waals surface area contributed by atoms with Crippen molar-refractivity contribution in [2.24, 2.45) is 16.8 Å². The molecule has 0 saturated carbocycles. The molecule has 3 atom stereocenters. The van der Waals surface area contributed by atoms with E-state index in [1.165, 1.54) is 56.9 Å². The lowest BCUT2D eigenvalue weighted by Gasteiger charge is -2.48. The highest BCUT2D eigenvalue weighted by atomic mass is 15.3. The van der Waals surface area contributed by atoms with Crippen LogP contribution in [0, 0.1) is 11.8 Å². The third-order valence-corrected chi connectivity index (χ3v) is 9.24. The van der Waals surface area contributed by atoms with Crippen molar-refractivity contribution in [1.82, 2.24) is 5.32 Å². The predicted molar refractivity (Wildman–Crippen MR) is 174 cm³/mol. The average molecular weight is 544 g/mol. The SMILES string of the molecule is C1=C=CC(c2ccc(-c3ccc(N4C5=C(C=NCN5)C5=CC(C6=CCCC=C6)=CC6CCC=CC4C56)cc3)cc2)=CC=1. The van der Waals surface area contributed by atoms with E-state index < -0.39 is 0 Å². The van der Waals surface area contributed by atoms with E-state index in [0.717, 1.165) is 24.8 Å². The van der Waals surface area contributed by atoms with E-state index >= 15 is 0 Å². The number of nitrogens with one attached hydrogen (secondary N) is 1. The summed E-state index contributed by atoms with van der Waals surface area (Å²) in [5.74, 6) is 2.05. The van der Waals surface area contributed by atoms with Crippen molar-refractivity contribution in [1.29, 1.82) is 0 Å². The highest BCUT2D eigenvalue weighted by Gasteiger charge is 2.44. The molecule has 2 aliphatic heterocycles. The van der Waals surface area contributed by atoms with Gasteiger partial charge in [-0.1, -0.05) is 90.4 Å². The normalized spacial score (nSPS) is 25.1. The van der Waals surface area contributed by atoms with Crippen molar-refractivity contribution < 1.29 is 0 Å². The smallest absolute Gasteiger partial charge is 0.117 e. The molecule has 2 aromatic carbocycles. The van der Waals surface area contributed by atoms with Crippen LogP contribution >= 0.6 is 0 Å². The summed E-state index contributed by atoms with van der Waals surface area (Å²) in [5, 5.41) is 3.67. The zero-order valence-electron chi connectivity index (χ0n) is 23.6. The number of anilines is 1. The lowest BCUT2D eigenvalue weighted by molar-refractivity contribution is 0.381. The number of nitrogens with zero attached hydrogens (tertiary/aromatic N) is 2. The molecule has 0 fully saturated rings. The van der Waals surface area contributed by atoms with Gasteiger partial charge in [0.1, 0.15) is 12.5 Å². The fraction of sp³-hybridized carbons (Fsp3) is 0.205. The van der Waals surface area contributed by atoms with E-state index in [1.54, 1.807) is 0 Å².